The standard InChI is InChI=1S/C24H16Cl2SSe2/c25-19-11-13-23(21(15-19)17-7-3-1-4-8-17)28-27-29-24-14-12-20(26)16-22(24)18-9-5-2-6-10-18/h1-16H. The summed E-state index contributed by atoms with van der Waals surface area (Å²) in [6.07, 6.45) is 0. The molecule has 0 aromatic heterocycles. The molecule has 0 bridgehead atoms. The van der Waals surface area contributed by atoms with Crippen LogP contribution in [0.5, 0.6) is 0 Å². The quantitative estimate of drug-likeness (QED) is 0.249. The molecule has 29 heavy (non-hydrogen) atoms. The Hall–Kier alpha value is -1.15. The Morgan fingerprint density at radius 1 is 0.517 bits per heavy atom. The molecule has 0 saturated heterocycles. The van der Waals surface area contributed by atoms with Gasteiger partial charge in [0.1, 0.15) is 0 Å². The second kappa shape index (κ2) is 10.2. The molecule has 0 aliphatic rings. The third kappa shape index (κ3) is 5.51. The van der Waals surface area contributed by atoms with E-state index in [1.807, 2.05) is 32.9 Å². The van der Waals surface area contributed by atoms with E-state index in [0.29, 0.717) is 27.7 Å². The Morgan fingerprint density at radius 2 is 0.931 bits per heavy atom. The second-order valence-electron chi connectivity index (χ2n) is 6.25. The molecule has 0 unspecified atom stereocenters. The zero-order valence-electron chi connectivity index (χ0n) is 15.2. The summed E-state index contributed by atoms with van der Waals surface area (Å²) in [5.74, 6) is 0. The van der Waals surface area contributed by atoms with Crippen molar-refractivity contribution in [2.75, 3.05) is 0 Å². The molecule has 5 heteroatoms. The van der Waals surface area contributed by atoms with Crippen LogP contribution in [0.1, 0.15) is 0 Å². The van der Waals surface area contributed by atoms with E-state index in [1.54, 1.807) is 0 Å². The average molecular weight is 565 g/mol. The van der Waals surface area contributed by atoms with Gasteiger partial charge in [-0.1, -0.05) is 0 Å². The Labute approximate surface area is 196 Å². The van der Waals surface area contributed by atoms with Crippen LogP contribution in [-0.2, 0) is 0 Å². The molecule has 0 radical (unpaired) electrons. The normalized spacial score (nSPS) is 10.8. The van der Waals surface area contributed by atoms with Crippen LogP contribution in [0.25, 0.3) is 22.3 Å². The number of benzene rings is 4. The van der Waals surface area contributed by atoms with Crippen molar-refractivity contribution in [3.63, 3.8) is 0 Å². The number of hydrogen-bond donors (Lipinski definition) is 0. The molecule has 0 nitrogen and oxygen atoms in total. The van der Waals surface area contributed by atoms with Gasteiger partial charge in [0.15, 0.2) is 0 Å². The molecular formula is C24H16Cl2SSe2. The SMILES string of the molecule is Clc1ccc([Se]S[Se]c2ccc(Cl)cc2-c2ccccc2)c(-c2ccccc2)c1. The fourth-order valence-electron chi connectivity index (χ4n) is 2.93. The summed E-state index contributed by atoms with van der Waals surface area (Å²) in [5.41, 5.74) is 4.91. The second-order valence-corrected chi connectivity index (χ2v) is 16.8. The Balaban J connectivity index is 1.55. The average Bonchev–Trinajstić information content (AvgIpc) is 2.77. The summed E-state index contributed by atoms with van der Waals surface area (Å²) in [6.45, 7) is 0. The van der Waals surface area contributed by atoms with Crippen molar-refractivity contribution in [2.45, 2.75) is 0 Å². The molecule has 4 aromatic carbocycles. The van der Waals surface area contributed by atoms with Crippen LogP contribution >= 0.6 is 31.8 Å². The van der Waals surface area contributed by atoms with Crippen LogP contribution < -0.4 is 8.92 Å². The number of halogens is 2. The van der Waals surface area contributed by atoms with Gasteiger partial charge >= 0.3 is 198 Å². The van der Waals surface area contributed by atoms with Gasteiger partial charge < -0.3 is 0 Å². The van der Waals surface area contributed by atoms with Crippen molar-refractivity contribution < 1.29 is 0 Å². The molecule has 0 N–H and O–H groups in total. The predicted molar refractivity (Wildman–Crippen MR) is 132 cm³/mol. The van der Waals surface area contributed by atoms with E-state index < -0.39 is 0 Å². The van der Waals surface area contributed by atoms with Crippen molar-refractivity contribution in [1.82, 2.24) is 0 Å². The summed E-state index contributed by atoms with van der Waals surface area (Å²) in [4.78, 5) is 0. The van der Waals surface area contributed by atoms with Crippen molar-refractivity contribution in [2.24, 2.45) is 0 Å². The first-order chi connectivity index (χ1) is 14.2. The van der Waals surface area contributed by atoms with Gasteiger partial charge in [-0.25, -0.2) is 0 Å². The summed E-state index contributed by atoms with van der Waals surface area (Å²) in [5, 5.41) is 1.56. The van der Waals surface area contributed by atoms with Crippen LogP contribution in [-0.4, -0.2) is 27.7 Å². The van der Waals surface area contributed by atoms with Gasteiger partial charge in [-0.05, 0) is 0 Å². The topological polar surface area (TPSA) is 0 Å². The molecule has 4 aromatic rings. The van der Waals surface area contributed by atoms with Gasteiger partial charge in [-0.15, -0.1) is 0 Å². The predicted octanol–water partition coefficient (Wildman–Crippen LogP) is 6.25. The van der Waals surface area contributed by atoms with Gasteiger partial charge in [0, 0.05) is 0 Å². The van der Waals surface area contributed by atoms with Crippen molar-refractivity contribution >= 4 is 68.4 Å². The molecule has 0 aliphatic heterocycles. The van der Waals surface area contributed by atoms with E-state index in [4.69, 9.17) is 23.2 Å². The van der Waals surface area contributed by atoms with E-state index in [-0.39, 0.29) is 0 Å². The fourth-order valence-corrected chi connectivity index (χ4v) is 13.6. The molecule has 4 rings (SSSR count). The minimum atomic E-state index is 0.295. The Bertz CT molecular complexity index is 1010. The first kappa shape index (κ1) is 21.1. The molecule has 0 saturated carbocycles. The van der Waals surface area contributed by atoms with Crippen molar-refractivity contribution in [1.29, 1.82) is 0 Å². The van der Waals surface area contributed by atoms with E-state index in [9.17, 15) is 0 Å². The van der Waals surface area contributed by atoms with Crippen molar-refractivity contribution in [3.8, 4) is 22.3 Å². The van der Waals surface area contributed by atoms with E-state index >= 15 is 0 Å². The van der Waals surface area contributed by atoms with Gasteiger partial charge in [0.25, 0.3) is 0 Å². The van der Waals surface area contributed by atoms with Gasteiger partial charge in [0.05, 0.1) is 0 Å². The summed E-state index contributed by atoms with van der Waals surface area (Å²) >= 11 is 13.2. The van der Waals surface area contributed by atoms with Gasteiger partial charge in [0.2, 0.25) is 0 Å². The fraction of sp³-hybridized carbons (Fsp3) is 0. The summed E-state index contributed by atoms with van der Waals surface area (Å²) < 4.78 is 2.74. The van der Waals surface area contributed by atoms with Crippen molar-refractivity contribution in [3.05, 3.63) is 107 Å². The zero-order chi connectivity index (χ0) is 20.1. The van der Waals surface area contributed by atoms with Crippen LogP contribution in [0.3, 0.4) is 0 Å². The van der Waals surface area contributed by atoms with Crippen LogP contribution in [0.15, 0.2) is 97.1 Å². The van der Waals surface area contributed by atoms with Gasteiger partial charge in [-0.3, -0.25) is 0 Å². The van der Waals surface area contributed by atoms with E-state index in [2.05, 4.69) is 72.8 Å². The first-order valence-corrected chi connectivity index (χ1v) is 16.2. The molecule has 144 valence electrons. The third-order valence-electron chi connectivity index (χ3n) is 4.30. The zero-order valence-corrected chi connectivity index (χ0v) is 21.0. The summed E-state index contributed by atoms with van der Waals surface area (Å²) in [6, 6.07) is 33.5. The Kier molecular flexibility index (Phi) is 7.45. The molecule has 0 aliphatic carbocycles. The van der Waals surface area contributed by atoms with Gasteiger partial charge in [-0.2, -0.15) is 0 Å². The minimum absolute atomic E-state index is 0.295. The van der Waals surface area contributed by atoms with E-state index in [0.717, 1.165) is 10.0 Å². The number of hydrogen-bond acceptors (Lipinski definition) is 1. The molecule has 0 fully saturated rings. The molecular weight excluding hydrogens is 549 g/mol. The van der Waals surface area contributed by atoms with Crippen LogP contribution in [0, 0.1) is 0 Å². The van der Waals surface area contributed by atoms with Crippen LogP contribution in [0.2, 0.25) is 10.0 Å². The summed E-state index contributed by atoms with van der Waals surface area (Å²) in [7, 11) is 2.03. The molecule has 0 heterocycles. The maximum atomic E-state index is 6.29. The first-order valence-electron chi connectivity index (χ1n) is 8.92. The van der Waals surface area contributed by atoms with Crippen LogP contribution in [0.4, 0.5) is 0 Å². The maximum absolute atomic E-state index is 6.29. The Morgan fingerprint density at radius 3 is 1.34 bits per heavy atom. The molecule has 0 atom stereocenters. The molecule has 0 amide bonds. The molecule has 0 spiro atoms. The number of rotatable bonds is 6. The third-order valence-corrected chi connectivity index (χ3v) is 14.3. The monoisotopic (exact) mass is 566 g/mol. The van der Waals surface area contributed by atoms with E-state index in [1.165, 1.54) is 31.2 Å².